The number of hydrogen-bond donors (Lipinski definition) is 3. The van der Waals surface area contributed by atoms with Gasteiger partial charge in [-0.15, -0.1) is 0 Å². The molecule has 2 saturated carbocycles. The number of likely N-dealkylation sites (N-methyl/N-ethyl adjacent to an activating group) is 1. The zero-order valence-electron chi connectivity index (χ0n) is 9.53. The molecule has 4 unspecified atom stereocenters. The Hall–Kier alpha value is -1.10. The lowest BCUT2D eigenvalue weighted by atomic mass is 9.84. The van der Waals surface area contributed by atoms with Crippen molar-refractivity contribution in [1.29, 1.82) is 0 Å². The van der Waals surface area contributed by atoms with Crippen LogP contribution in [0.4, 0.5) is 0 Å². The molecule has 0 heterocycles. The van der Waals surface area contributed by atoms with Crippen LogP contribution in [0, 0.1) is 17.8 Å². The van der Waals surface area contributed by atoms with E-state index < -0.39 is 0 Å². The van der Waals surface area contributed by atoms with Crippen molar-refractivity contribution in [1.82, 2.24) is 10.6 Å². The van der Waals surface area contributed by atoms with E-state index >= 15 is 0 Å². The van der Waals surface area contributed by atoms with Crippen molar-refractivity contribution in [3.63, 3.8) is 0 Å². The lowest BCUT2D eigenvalue weighted by molar-refractivity contribution is -0.130. The SMILES string of the molecule is CNC(=O)CNC(=O)C1C2CCC(C2)C1N. The molecule has 2 fully saturated rings. The maximum atomic E-state index is 11.9. The summed E-state index contributed by atoms with van der Waals surface area (Å²) in [5, 5.41) is 5.13. The number of hydrogen-bond acceptors (Lipinski definition) is 3. The van der Waals surface area contributed by atoms with Crippen molar-refractivity contribution < 1.29 is 9.59 Å². The van der Waals surface area contributed by atoms with E-state index in [1.807, 2.05) is 0 Å². The third-order valence-electron chi connectivity index (χ3n) is 3.99. The molecule has 4 N–H and O–H groups in total. The van der Waals surface area contributed by atoms with Crippen LogP contribution in [0.1, 0.15) is 19.3 Å². The molecule has 5 nitrogen and oxygen atoms in total. The van der Waals surface area contributed by atoms with E-state index in [2.05, 4.69) is 10.6 Å². The topological polar surface area (TPSA) is 84.2 Å². The quantitative estimate of drug-likeness (QED) is 0.589. The molecular formula is C11H19N3O2. The van der Waals surface area contributed by atoms with Gasteiger partial charge >= 0.3 is 0 Å². The average molecular weight is 225 g/mol. The van der Waals surface area contributed by atoms with Crippen molar-refractivity contribution >= 4 is 11.8 Å². The van der Waals surface area contributed by atoms with Gasteiger partial charge in [0.1, 0.15) is 0 Å². The monoisotopic (exact) mass is 225 g/mol. The summed E-state index contributed by atoms with van der Waals surface area (Å²) in [5.41, 5.74) is 6.04. The standard InChI is InChI=1S/C11H19N3O2/c1-13-8(15)5-14-11(16)9-6-2-3-7(4-6)10(9)12/h6-7,9-10H,2-5,12H2,1H3,(H,13,15)(H,14,16). The van der Waals surface area contributed by atoms with E-state index in [1.54, 1.807) is 7.05 Å². The zero-order chi connectivity index (χ0) is 11.7. The first-order chi connectivity index (χ1) is 7.63. The fraction of sp³-hybridized carbons (Fsp3) is 0.818. The van der Waals surface area contributed by atoms with Gasteiger partial charge in [0.2, 0.25) is 11.8 Å². The Morgan fingerprint density at radius 1 is 1.31 bits per heavy atom. The maximum absolute atomic E-state index is 11.9. The van der Waals surface area contributed by atoms with Crippen LogP contribution in [0.25, 0.3) is 0 Å². The Morgan fingerprint density at radius 3 is 2.56 bits per heavy atom. The number of carbonyl (C=O) groups excluding carboxylic acids is 2. The van der Waals surface area contributed by atoms with E-state index in [9.17, 15) is 9.59 Å². The lowest BCUT2D eigenvalue weighted by Crippen LogP contribution is -2.47. The number of nitrogens with two attached hydrogens (primary N) is 1. The first-order valence-electron chi connectivity index (χ1n) is 5.87. The smallest absolute Gasteiger partial charge is 0.239 e. The number of amides is 2. The summed E-state index contributed by atoms with van der Waals surface area (Å²) in [7, 11) is 1.55. The van der Waals surface area contributed by atoms with E-state index in [-0.39, 0.29) is 30.3 Å². The minimum absolute atomic E-state index is 0.0107. The highest BCUT2D eigenvalue weighted by Gasteiger charge is 2.48. The maximum Gasteiger partial charge on any atom is 0.239 e. The third-order valence-corrected chi connectivity index (χ3v) is 3.99. The Kier molecular flexibility index (Phi) is 3.14. The van der Waals surface area contributed by atoms with Crippen molar-refractivity contribution in [2.24, 2.45) is 23.5 Å². The van der Waals surface area contributed by atoms with Gasteiger partial charge in [0.15, 0.2) is 0 Å². The predicted molar refractivity (Wildman–Crippen MR) is 59.4 cm³/mol. The summed E-state index contributed by atoms with van der Waals surface area (Å²) < 4.78 is 0. The molecule has 2 amide bonds. The summed E-state index contributed by atoms with van der Waals surface area (Å²) in [4.78, 5) is 22.9. The highest BCUT2D eigenvalue weighted by molar-refractivity contribution is 5.86. The van der Waals surface area contributed by atoms with Crippen molar-refractivity contribution in [3.8, 4) is 0 Å². The molecule has 0 radical (unpaired) electrons. The molecule has 4 atom stereocenters. The molecule has 90 valence electrons. The Labute approximate surface area is 95.1 Å². The predicted octanol–water partition coefficient (Wildman–Crippen LogP) is -0.778. The van der Waals surface area contributed by atoms with Gasteiger partial charge in [0, 0.05) is 13.1 Å². The molecule has 0 aromatic rings. The van der Waals surface area contributed by atoms with Crippen LogP contribution in [-0.2, 0) is 9.59 Å². The zero-order valence-corrected chi connectivity index (χ0v) is 9.53. The number of nitrogens with one attached hydrogen (secondary N) is 2. The molecule has 2 rings (SSSR count). The van der Waals surface area contributed by atoms with Crippen LogP contribution in [0.5, 0.6) is 0 Å². The minimum atomic E-state index is -0.176. The fourth-order valence-corrected chi connectivity index (χ4v) is 3.10. The molecule has 0 spiro atoms. The molecule has 0 aliphatic heterocycles. The molecule has 0 aromatic heterocycles. The second-order valence-electron chi connectivity index (χ2n) is 4.83. The summed E-state index contributed by atoms with van der Waals surface area (Å²) >= 11 is 0. The molecular weight excluding hydrogens is 206 g/mol. The molecule has 2 aliphatic rings. The number of fused-ring (bicyclic) bond motifs is 2. The van der Waals surface area contributed by atoms with Gasteiger partial charge in [-0.1, -0.05) is 0 Å². The van der Waals surface area contributed by atoms with Crippen LogP contribution < -0.4 is 16.4 Å². The lowest BCUT2D eigenvalue weighted by Gasteiger charge is -2.26. The minimum Gasteiger partial charge on any atom is -0.358 e. The molecule has 0 aromatic carbocycles. The third kappa shape index (κ3) is 1.91. The Bertz CT molecular complexity index is 304. The second kappa shape index (κ2) is 4.41. The number of carbonyl (C=O) groups is 2. The van der Waals surface area contributed by atoms with Gasteiger partial charge in [-0.2, -0.15) is 0 Å². The van der Waals surface area contributed by atoms with Gasteiger partial charge < -0.3 is 16.4 Å². The fourth-order valence-electron chi connectivity index (χ4n) is 3.10. The summed E-state index contributed by atoms with van der Waals surface area (Å²) in [6, 6.07) is -0.0107. The molecule has 2 bridgehead atoms. The average Bonchev–Trinajstić information content (AvgIpc) is 2.85. The first kappa shape index (κ1) is 11.4. The molecule has 16 heavy (non-hydrogen) atoms. The highest BCUT2D eigenvalue weighted by Crippen LogP contribution is 2.47. The largest absolute Gasteiger partial charge is 0.358 e. The van der Waals surface area contributed by atoms with Gasteiger partial charge in [-0.05, 0) is 31.1 Å². The highest BCUT2D eigenvalue weighted by atomic mass is 16.2. The molecule has 5 heteroatoms. The first-order valence-corrected chi connectivity index (χ1v) is 5.87. The second-order valence-corrected chi connectivity index (χ2v) is 4.83. The van der Waals surface area contributed by atoms with E-state index in [0.29, 0.717) is 11.8 Å². The summed E-state index contributed by atoms with van der Waals surface area (Å²) in [6.45, 7) is 0.0515. The van der Waals surface area contributed by atoms with Crippen molar-refractivity contribution in [2.75, 3.05) is 13.6 Å². The van der Waals surface area contributed by atoms with Gasteiger partial charge in [-0.3, -0.25) is 9.59 Å². The summed E-state index contributed by atoms with van der Waals surface area (Å²) in [5.74, 6) is 0.641. The van der Waals surface area contributed by atoms with Crippen LogP contribution in [0.2, 0.25) is 0 Å². The van der Waals surface area contributed by atoms with Crippen LogP contribution in [0.15, 0.2) is 0 Å². The van der Waals surface area contributed by atoms with Crippen molar-refractivity contribution in [3.05, 3.63) is 0 Å². The van der Waals surface area contributed by atoms with E-state index in [0.717, 1.165) is 19.3 Å². The summed E-state index contributed by atoms with van der Waals surface area (Å²) in [6.07, 6.45) is 3.35. The van der Waals surface area contributed by atoms with Crippen LogP contribution >= 0.6 is 0 Å². The van der Waals surface area contributed by atoms with Gasteiger partial charge in [0.05, 0.1) is 12.5 Å². The number of rotatable bonds is 3. The van der Waals surface area contributed by atoms with Crippen LogP contribution in [0.3, 0.4) is 0 Å². The van der Waals surface area contributed by atoms with Gasteiger partial charge in [0.25, 0.3) is 0 Å². The van der Waals surface area contributed by atoms with E-state index in [4.69, 9.17) is 5.73 Å². The van der Waals surface area contributed by atoms with Crippen LogP contribution in [-0.4, -0.2) is 31.4 Å². The van der Waals surface area contributed by atoms with Gasteiger partial charge in [-0.25, -0.2) is 0 Å². The Balaban J connectivity index is 1.88. The Morgan fingerprint density at radius 2 is 2.00 bits per heavy atom. The normalized spacial score (nSPS) is 36.1. The molecule has 2 aliphatic carbocycles. The molecule has 0 saturated heterocycles. The van der Waals surface area contributed by atoms with Crippen molar-refractivity contribution in [2.45, 2.75) is 25.3 Å². The van der Waals surface area contributed by atoms with E-state index in [1.165, 1.54) is 0 Å².